The second kappa shape index (κ2) is 7.48. The van der Waals surface area contributed by atoms with Crippen LogP contribution < -0.4 is 0 Å². The zero-order valence-corrected chi connectivity index (χ0v) is 10.7. The Kier molecular flexibility index (Phi) is 5.91. The van der Waals surface area contributed by atoms with Crippen molar-refractivity contribution in [2.45, 2.75) is 33.1 Å². The lowest BCUT2D eigenvalue weighted by Crippen LogP contribution is -2.19. The molecule has 0 fully saturated rings. The summed E-state index contributed by atoms with van der Waals surface area (Å²) in [5.41, 5.74) is 0.355. The molecule has 0 aliphatic heterocycles. The summed E-state index contributed by atoms with van der Waals surface area (Å²) in [6.07, 6.45) is 2.30. The van der Waals surface area contributed by atoms with Crippen LogP contribution in [0.2, 0.25) is 0 Å². The fraction of sp³-hybridized carbons (Fsp3) is 0.429. The zero-order chi connectivity index (χ0) is 13.4. The highest BCUT2D eigenvalue weighted by molar-refractivity contribution is 5.89. The van der Waals surface area contributed by atoms with Gasteiger partial charge in [0.05, 0.1) is 11.5 Å². The van der Waals surface area contributed by atoms with Crippen LogP contribution in [-0.4, -0.2) is 11.9 Å². The normalized spacial score (nSPS) is 11.7. The summed E-state index contributed by atoms with van der Waals surface area (Å²) in [6.45, 7) is 3.90. The Hall–Kier alpha value is -1.84. The van der Waals surface area contributed by atoms with E-state index in [9.17, 15) is 9.59 Å². The van der Waals surface area contributed by atoms with Gasteiger partial charge in [-0.2, -0.15) is 0 Å². The number of benzene rings is 1. The van der Waals surface area contributed by atoms with Crippen LogP contribution in [-0.2, 0) is 14.6 Å². The van der Waals surface area contributed by atoms with Gasteiger partial charge in [-0.3, -0.25) is 0 Å². The Balaban J connectivity index is 2.45. The molecule has 0 heterocycles. The van der Waals surface area contributed by atoms with Crippen molar-refractivity contribution < 1.29 is 19.4 Å². The number of carbonyl (C=O) groups excluding carboxylic acids is 2. The van der Waals surface area contributed by atoms with Gasteiger partial charge in [0.25, 0.3) is 0 Å². The number of rotatable bonds is 5. The van der Waals surface area contributed by atoms with Crippen LogP contribution in [0.15, 0.2) is 30.3 Å². The van der Waals surface area contributed by atoms with Crippen molar-refractivity contribution in [2.75, 3.05) is 0 Å². The SMILES string of the molecule is CCCC(CC)C(=O)OOC(=O)c1ccccc1. The van der Waals surface area contributed by atoms with E-state index in [0.717, 1.165) is 12.8 Å². The third-order valence-electron chi connectivity index (χ3n) is 2.67. The number of carbonyl (C=O) groups is 2. The molecule has 0 aromatic heterocycles. The highest BCUT2D eigenvalue weighted by Crippen LogP contribution is 2.13. The van der Waals surface area contributed by atoms with E-state index < -0.39 is 11.9 Å². The molecule has 0 N–H and O–H groups in total. The summed E-state index contributed by atoms with van der Waals surface area (Å²) in [5.74, 6) is -1.35. The smallest absolute Gasteiger partial charge is 0.247 e. The van der Waals surface area contributed by atoms with E-state index >= 15 is 0 Å². The molecule has 0 radical (unpaired) electrons. The summed E-state index contributed by atoms with van der Waals surface area (Å²) in [5, 5.41) is 0. The molecule has 0 aliphatic carbocycles. The van der Waals surface area contributed by atoms with E-state index in [2.05, 4.69) is 9.78 Å². The number of hydrogen-bond acceptors (Lipinski definition) is 4. The topological polar surface area (TPSA) is 52.6 Å². The van der Waals surface area contributed by atoms with Gasteiger partial charge in [0, 0.05) is 0 Å². The van der Waals surface area contributed by atoms with E-state index in [0.29, 0.717) is 12.0 Å². The molecule has 1 aromatic rings. The van der Waals surface area contributed by atoms with Crippen molar-refractivity contribution in [3.63, 3.8) is 0 Å². The molecule has 18 heavy (non-hydrogen) atoms. The van der Waals surface area contributed by atoms with Crippen LogP contribution in [0.25, 0.3) is 0 Å². The Morgan fingerprint density at radius 3 is 2.33 bits per heavy atom. The van der Waals surface area contributed by atoms with Crippen molar-refractivity contribution in [3.8, 4) is 0 Å². The molecule has 98 valence electrons. The van der Waals surface area contributed by atoms with Crippen molar-refractivity contribution in [2.24, 2.45) is 5.92 Å². The molecule has 0 spiro atoms. The summed E-state index contributed by atoms with van der Waals surface area (Å²) in [6, 6.07) is 8.41. The maximum absolute atomic E-state index is 11.6. The lowest BCUT2D eigenvalue weighted by atomic mass is 10.0. The Morgan fingerprint density at radius 2 is 1.78 bits per heavy atom. The molecule has 0 saturated carbocycles. The van der Waals surface area contributed by atoms with E-state index in [-0.39, 0.29) is 5.92 Å². The third-order valence-corrected chi connectivity index (χ3v) is 2.67. The van der Waals surface area contributed by atoms with Gasteiger partial charge < -0.3 is 0 Å². The zero-order valence-electron chi connectivity index (χ0n) is 10.7. The van der Waals surface area contributed by atoms with Crippen LogP contribution in [0.3, 0.4) is 0 Å². The largest absolute Gasteiger partial charge is 0.386 e. The van der Waals surface area contributed by atoms with Crippen molar-refractivity contribution in [1.82, 2.24) is 0 Å². The lowest BCUT2D eigenvalue weighted by Gasteiger charge is -2.10. The van der Waals surface area contributed by atoms with Gasteiger partial charge in [-0.25, -0.2) is 19.4 Å². The minimum Gasteiger partial charge on any atom is -0.247 e. The second-order valence-electron chi connectivity index (χ2n) is 4.03. The molecular formula is C14H18O4. The molecular weight excluding hydrogens is 232 g/mol. The fourth-order valence-electron chi connectivity index (χ4n) is 1.61. The Bertz CT molecular complexity index is 386. The van der Waals surface area contributed by atoms with Gasteiger partial charge >= 0.3 is 11.9 Å². The van der Waals surface area contributed by atoms with Crippen LogP contribution in [0.4, 0.5) is 0 Å². The van der Waals surface area contributed by atoms with E-state index in [1.807, 2.05) is 13.8 Å². The van der Waals surface area contributed by atoms with Gasteiger partial charge in [-0.15, -0.1) is 0 Å². The molecule has 4 heteroatoms. The average molecular weight is 250 g/mol. The van der Waals surface area contributed by atoms with Gasteiger partial charge in [-0.05, 0) is 25.0 Å². The molecule has 0 aliphatic rings. The monoisotopic (exact) mass is 250 g/mol. The molecule has 4 nitrogen and oxygen atoms in total. The van der Waals surface area contributed by atoms with Crippen LogP contribution in [0.5, 0.6) is 0 Å². The standard InChI is InChI=1S/C14H18O4/c1-3-8-11(4-2)13(15)17-18-14(16)12-9-6-5-7-10-12/h5-7,9-11H,3-4,8H2,1-2H3. The Labute approximate surface area is 107 Å². The molecule has 1 unspecified atom stereocenters. The summed E-state index contributed by atoms with van der Waals surface area (Å²) in [4.78, 5) is 32.2. The predicted octanol–water partition coefficient (Wildman–Crippen LogP) is 3.13. The Morgan fingerprint density at radius 1 is 1.11 bits per heavy atom. The van der Waals surface area contributed by atoms with E-state index in [1.54, 1.807) is 30.3 Å². The maximum atomic E-state index is 11.6. The summed E-state index contributed by atoms with van der Waals surface area (Å²) >= 11 is 0. The minimum atomic E-state index is -0.657. The highest BCUT2D eigenvalue weighted by atomic mass is 17.2. The average Bonchev–Trinajstić information content (AvgIpc) is 2.42. The van der Waals surface area contributed by atoms with Gasteiger partial charge in [0.15, 0.2) is 0 Å². The highest BCUT2D eigenvalue weighted by Gasteiger charge is 2.20. The van der Waals surface area contributed by atoms with Crippen LogP contribution in [0.1, 0.15) is 43.5 Å². The van der Waals surface area contributed by atoms with Crippen molar-refractivity contribution in [1.29, 1.82) is 0 Å². The minimum absolute atomic E-state index is 0.210. The van der Waals surface area contributed by atoms with Crippen molar-refractivity contribution in [3.05, 3.63) is 35.9 Å². The first-order valence-corrected chi connectivity index (χ1v) is 6.16. The quantitative estimate of drug-likeness (QED) is 0.595. The lowest BCUT2D eigenvalue weighted by molar-refractivity contribution is -0.238. The maximum Gasteiger partial charge on any atom is 0.386 e. The van der Waals surface area contributed by atoms with Crippen molar-refractivity contribution >= 4 is 11.9 Å². The fourth-order valence-corrected chi connectivity index (χ4v) is 1.61. The number of hydrogen-bond donors (Lipinski definition) is 0. The molecule has 1 atom stereocenters. The van der Waals surface area contributed by atoms with Crippen LogP contribution in [0, 0.1) is 5.92 Å². The van der Waals surface area contributed by atoms with Gasteiger partial charge in [0.1, 0.15) is 0 Å². The first-order valence-electron chi connectivity index (χ1n) is 6.16. The van der Waals surface area contributed by atoms with E-state index in [4.69, 9.17) is 0 Å². The molecule has 1 aromatic carbocycles. The molecule has 0 bridgehead atoms. The first kappa shape index (κ1) is 14.2. The molecule has 0 amide bonds. The second-order valence-corrected chi connectivity index (χ2v) is 4.03. The third kappa shape index (κ3) is 4.20. The van der Waals surface area contributed by atoms with Crippen LogP contribution >= 0.6 is 0 Å². The summed E-state index contributed by atoms with van der Waals surface area (Å²) in [7, 11) is 0. The predicted molar refractivity (Wildman–Crippen MR) is 66.6 cm³/mol. The van der Waals surface area contributed by atoms with Gasteiger partial charge in [-0.1, -0.05) is 38.5 Å². The van der Waals surface area contributed by atoms with Gasteiger partial charge in [0.2, 0.25) is 0 Å². The first-order chi connectivity index (χ1) is 8.69. The molecule has 0 saturated heterocycles. The molecule has 1 rings (SSSR count). The van der Waals surface area contributed by atoms with E-state index in [1.165, 1.54) is 0 Å². The summed E-state index contributed by atoms with van der Waals surface area (Å²) < 4.78 is 0.